The third kappa shape index (κ3) is 4.95. The number of nitrogens with one attached hydrogen (secondary N) is 1. The fourth-order valence-corrected chi connectivity index (χ4v) is 2.42. The van der Waals surface area contributed by atoms with Gasteiger partial charge in [-0.15, -0.1) is 13.2 Å². The molecule has 0 saturated carbocycles. The molecule has 0 radical (unpaired) electrons. The summed E-state index contributed by atoms with van der Waals surface area (Å²) in [6.45, 7) is 0. The van der Waals surface area contributed by atoms with Crippen LogP contribution in [0.2, 0.25) is 5.28 Å². The molecule has 0 fully saturated rings. The van der Waals surface area contributed by atoms with Crippen molar-refractivity contribution in [1.82, 2.24) is 9.97 Å². The van der Waals surface area contributed by atoms with Crippen molar-refractivity contribution in [2.45, 2.75) is 6.36 Å². The molecule has 1 N–H and O–H groups in total. The Hall–Kier alpha value is -3.13. The van der Waals surface area contributed by atoms with E-state index in [1.807, 2.05) is 0 Å². The van der Waals surface area contributed by atoms with Gasteiger partial charge < -0.3 is 10.1 Å². The first-order valence-electron chi connectivity index (χ1n) is 7.56. The second-order valence-electron chi connectivity index (χ2n) is 5.31. The van der Waals surface area contributed by atoms with Crippen molar-refractivity contribution < 1.29 is 22.7 Å². The molecule has 1 aromatic heterocycles. The summed E-state index contributed by atoms with van der Waals surface area (Å²) >= 11 is 5.68. The summed E-state index contributed by atoms with van der Waals surface area (Å²) in [4.78, 5) is 20.4. The van der Waals surface area contributed by atoms with Crippen molar-refractivity contribution >= 4 is 23.2 Å². The smallest absolute Gasteiger partial charge is 0.406 e. The van der Waals surface area contributed by atoms with Crippen molar-refractivity contribution in [3.05, 3.63) is 71.8 Å². The molecule has 1 heterocycles. The fraction of sp³-hybridized carbons (Fsp3) is 0.0556. The number of hydrogen-bond donors (Lipinski definition) is 1. The second kappa shape index (κ2) is 7.63. The van der Waals surface area contributed by atoms with E-state index in [1.54, 1.807) is 24.3 Å². The highest BCUT2D eigenvalue weighted by atomic mass is 35.5. The van der Waals surface area contributed by atoms with Crippen LogP contribution < -0.4 is 10.1 Å². The molecule has 0 bridgehead atoms. The number of benzene rings is 2. The molecule has 3 aromatic rings. The van der Waals surface area contributed by atoms with Gasteiger partial charge in [-0.1, -0.05) is 18.2 Å². The predicted molar refractivity (Wildman–Crippen MR) is 93.6 cm³/mol. The highest BCUT2D eigenvalue weighted by Crippen LogP contribution is 2.26. The zero-order valence-electron chi connectivity index (χ0n) is 13.5. The number of halogens is 4. The van der Waals surface area contributed by atoms with Crippen molar-refractivity contribution in [3.8, 4) is 16.9 Å². The van der Waals surface area contributed by atoms with Gasteiger partial charge in [-0.2, -0.15) is 0 Å². The second-order valence-corrected chi connectivity index (χ2v) is 5.65. The third-order valence-corrected chi connectivity index (χ3v) is 3.64. The molecule has 0 unspecified atom stereocenters. The molecule has 1 amide bonds. The summed E-state index contributed by atoms with van der Waals surface area (Å²) in [7, 11) is 0. The van der Waals surface area contributed by atoms with E-state index in [1.165, 1.54) is 24.5 Å². The van der Waals surface area contributed by atoms with Gasteiger partial charge in [0, 0.05) is 29.2 Å². The van der Waals surface area contributed by atoms with Gasteiger partial charge in [-0.05, 0) is 47.5 Å². The summed E-state index contributed by atoms with van der Waals surface area (Å²) in [6, 6.07) is 11.6. The van der Waals surface area contributed by atoms with Crippen LogP contribution in [0.5, 0.6) is 5.75 Å². The number of anilines is 1. The zero-order valence-corrected chi connectivity index (χ0v) is 14.3. The maximum Gasteiger partial charge on any atom is 0.573 e. The Kier molecular flexibility index (Phi) is 5.27. The number of alkyl halides is 3. The Morgan fingerprint density at radius 2 is 1.63 bits per heavy atom. The lowest BCUT2D eigenvalue weighted by atomic mass is 10.0. The van der Waals surface area contributed by atoms with Gasteiger partial charge in [-0.3, -0.25) is 4.79 Å². The lowest BCUT2D eigenvalue weighted by Gasteiger charge is -2.11. The van der Waals surface area contributed by atoms with Crippen molar-refractivity contribution in [1.29, 1.82) is 0 Å². The average Bonchev–Trinajstić information content (AvgIpc) is 2.63. The van der Waals surface area contributed by atoms with Crippen molar-refractivity contribution in [2.24, 2.45) is 0 Å². The number of ether oxygens (including phenoxy) is 1. The molecule has 0 spiro atoms. The highest BCUT2D eigenvalue weighted by Gasteiger charge is 2.31. The lowest BCUT2D eigenvalue weighted by molar-refractivity contribution is -0.274. The molecule has 0 saturated heterocycles. The average molecular weight is 394 g/mol. The number of hydrogen-bond acceptors (Lipinski definition) is 4. The Bertz CT molecular complexity index is 945. The maximum atomic E-state index is 12.6. The topological polar surface area (TPSA) is 64.1 Å². The molecule has 0 atom stereocenters. The molecular formula is C18H11ClF3N3O2. The largest absolute Gasteiger partial charge is 0.573 e. The minimum absolute atomic E-state index is 0.0850. The maximum absolute atomic E-state index is 12.6. The van der Waals surface area contributed by atoms with Gasteiger partial charge in [0.2, 0.25) is 5.28 Å². The quantitative estimate of drug-likeness (QED) is 0.637. The van der Waals surface area contributed by atoms with Gasteiger partial charge in [0.15, 0.2) is 0 Å². The first kappa shape index (κ1) is 18.7. The summed E-state index contributed by atoms with van der Waals surface area (Å²) < 4.78 is 40.4. The van der Waals surface area contributed by atoms with E-state index >= 15 is 0 Å². The first-order valence-corrected chi connectivity index (χ1v) is 7.94. The van der Waals surface area contributed by atoms with Gasteiger partial charge in [0.1, 0.15) is 5.75 Å². The van der Waals surface area contributed by atoms with Gasteiger partial charge in [0.05, 0.1) is 0 Å². The monoisotopic (exact) mass is 393 g/mol. The van der Waals surface area contributed by atoms with Gasteiger partial charge >= 0.3 is 6.36 Å². The van der Waals surface area contributed by atoms with E-state index in [0.29, 0.717) is 22.4 Å². The molecule has 0 aliphatic rings. The van der Waals surface area contributed by atoms with Crippen LogP contribution in [0.4, 0.5) is 18.9 Å². The normalized spacial score (nSPS) is 11.1. The Balaban J connectivity index is 1.80. The van der Waals surface area contributed by atoms with Crippen LogP contribution in [-0.2, 0) is 0 Å². The molecule has 9 heteroatoms. The molecular weight excluding hydrogens is 383 g/mol. The van der Waals surface area contributed by atoms with E-state index in [-0.39, 0.29) is 11.0 Å². The molecule has 0 aliphatic carbocycles. The van der Waals surface area contributed by atoms with Gasteiger partial charge in [-0.25, -0.2) is 9.97 Å². The van der Waals surface area contributed by atoms with Crippen LogP contribution in [0.3, 0.4) is 0 Å². The minimum Gasteiger partial charge on any atom is -0.406 e. The van der Waals surface area contributed by atoms with Crippen LogP contribution in [0, 0.1) is 0 Å². The molecule has 138 valence electrons. The van der Waals surface area contributed by atoms with Crippen LogP contribution in [0.25, 0.3) is 11.1 Å². The van der Waals surface area contributed by atoms with E-state index in [4.69, 9.17) is 11.6 Å². The van der Waals surface area contributed by atoms with E-state index in [0.717, 1.165) is 12.1 Å². The van der Waals surface area contributed by atoms with Crippen molar-refractivity contribution in [3.63, 3.8) is 0 Å². The van der Waals surface area contributed by atoms with Crippen LogP contribution in [-0.4, -0.2) is 22.2 Å². The number of nitrogens with zero attached hydrogens (tertiary/aromatic N) is 2. The summed E-state index contributed by atoms with van der Waals surface area (Å²) in [5.74, 6) is -0.816. The van der Waals surface area contributed by atoms with Crippen LogP contribution in [0.15, 0.2) is 60.9 Å². The van der Waals surface area contributed by atoms with Crippen molar-refractivity contribution in [2.75, 3.05) is 5.32 Å². The minimum atomic E-state index is -4.77. The molecule has 5 nitrogen and oxygen atoms in total. The Morgan fingerprint density at radius 1 is 1.00 bits per heavy atom. The van der Waals surface area contributed by atoms with Crippen LogP contribution >= 0.6 is 11.6 Å². The number of aromatic nitrogens is 2. The van der Waals surface area contributed by atoms with E-state index in [9.17, 15) is 18.0 Å². The number of carbonyl (C=O) groups excluding carboxylic acids is 1. The molecule has 3 rings (SSSR count). The molecule has 2 aromatic carbocycles. The summed E-state index contributed by atoms with van der Waals surface area (Å²) in [5.41, 5.74) is 1.85. The fourth-order valence-electron chi connectivity index (χ4n) is 2.32. The standard InChI is InChI=1S/C18H11ClF3N3O2/c19-17-23-9-11(10-24-17)14-3-1-2-4-15(14)16(26)25-12-5-7-13(8-6-12)27-18(20,21)22/h1-10H,(H,25,26). The van der Waals surface area contributed by atoms with E-state index < -0.39 is 12.3 Å². The molecule has 27 heavy (non-hydrogen) atoms. The predicted octanol–water partition coefficient (Wildman–Crippen LogP) is 4.95. The van der Waals surface area contributed by atoms with E-state index in [2.05, 4.69) is 20.0 Å². The Morgan fingerprint density at radius 3 is 2.26 bits per heavy atom. The number of carbonyl (C=O) groups is 1. The zero-order chi connectivity index (χ0) is 19.4. The highest BCUT2D eigenvalue weighted by molar-refractivity contribution is 6.28. The number of amides is 1. The summed E-state index contributed by atoms with van der Waals surface area (Å²) in [5, 5.41) is 2.71. The molecule has 0 aliphatic heterocycles. The number of rotatable bonds is 4. The first-order chi connectivity index (χ1) is 12.8. The van der Waals surface area contributed by atoms with Gasteiger partial charge in [0.25, 0.3) is 5.91 Å². The van der Waals surface area contributed by atoms with Crippen LogP contribution in [0.1, 0.15) is 10.4 Å². The third-order valence-electron chi connectivity index (χ3n) is 3.45. The Labute approximate surface area is 156 Å². The summed E-state index contributed by atoms with van der Waals surface area (Å²) in [6.07, 6.45) is -1.79. The SMILES string of the molecule is O=C(Nc1ccc(OC(F)(F)F)cc1)c1ccccc1-c1cnc(Cl)nc1. The lowest BCUT2D eigenvalue weighted by Crippen LogP contribution is -2.17.